The fourth-order valence-corrected chi connectivity index (χ4v) is 3.25. The van der Waals surface area contributed by atoms with Gasteiger partial charge in [-0.15, -0.1) is 0 Å². The monoisotopic (exact) mass is 309 g/mol. The van der Waals surface area contributed by atoms with Gasteiger partial charge in [0.2, 0.25) is 5.91 Å². The fourth-order valence-electron chi connectivity index (χ4n) is 3.25. The Hall–Kier alpha value is -2.60. The standard InChI is InChI=1S/C17H19N5O/c1-21-8-7-16(20-21)19-17(23)11-22-9-6-13-12-4-2-3-5-14(12)18-15(13)10-22/h2-5,7-8,18H,6,9-11H2,1H3,(H,19,20,23). The van der Waals surface area contributed by atoms with E-state index in [1.807, 2.05) is 19.3 Å². The lowest BCUT2D eigenvalue weighted by Crippen LogP contribution is -2.37. The molecule has 23 heavy (non-hydrogen) atoms. The molecule has 2 N–H and O–H groups in total. The molecule has 0 aliphatic carbocycles. The van der Waals surface area contributed by atoms with Crippen LogP contribution in [0.4, 0.5) is 5.82 Å². The van der Waals surface area contributed by atoms with Gasteiger partial charge in [-0.2, -0.15) is 5.10 Å². The Bertz CT molecular complexity index is 863. The Morgan fingerprint density at radius 1 is 1.35 bits per heavy atom. The summed E-state index contributed by atoms with van der Waals surface area (Å²) in [6.45, 7) is 2.05. The highest BCUT2D eigenvalue weighted by Crippen LogP contribution is 2.27. The molecule has 0 fully saturated rings. The molecule has 0 unspecified atom stereocenters. The molecule has 0 saturated heterocycles. The second-order valence-corrected chi connectivity index (χ2v) is 6.01. The maximum Gasteiger partial charge on any atom is 0.239 e. The van der Waals surface area contributed by atoms with E-state index in [9.17, 15) is 4.79 Å². The predicted octanol–water partition coefficient (Wildman–Crippen LogP) is 1.90. The number of nitrogens with one attached hydrogen (secondary N) is 2. The van der Waals surface area contributed by atoms with Crippen LogP contribution in [0.25, 0.3) is 10.9 Å². The lowest BCUT2D eigenvalue weighted by atomic mass is 10.0. The number of aryl methyl sites for hydroxylation is 1. The number of anilines is 1. The zero-order valence-electron chi connectivity index (χ0n) is 13.0. The Morgan fingerprint density at radius 3 is 3.04 bits per heavy atom. The molecule has 1 amide bonds. The molecule has 0 radical (unpaired) electrons. The van der Waals surface area contributed by atoms with Crippen molar-refractivity contribution in [2.24, 2.45) is 7.05 Å². The number of hydrogen-bond acceptors (Lipinski definition) is 3. The number of benzene rings is 1. The molecule has 1 aliphatic rings. The largest absolute Gasteiger partial charge is 0.357 e. The van der Waals surface area contributed by atoms with Crippen LogP contribution in [-0.4, -0.2) is 38.7 Å². The molecule has 6 nitrogen and oxygen atoms in total. The van der Waals surface area contributed by atoms with Crippen LogP contribution in [0, 0.1) is 0 Å². The Labute approximate surface area is 134 Å². The van der Waals surface area contributed by atoms with E-state index in [1.54, 1.807) is 10.7 Å². The van der Waals surface area contributed by atoms with E-state index in [2.05, 4.69) is 38.5 Å². The number of carbonyl (C=O) groups is 1. The molecule has 1 aromatic carbocycles. The van der Waals surface area contributed by atoms with Crippen molar-refractivity contribution in [3.8, 4) is 0 Å². The molecule has 3 aromatic rings. The van der Waals surface area contributed by atoms with Crippen LogP contribution in [0.2, 0.25) is 0 Å². The van der Waals surface area contributed by atoms with Crippen LogP contribution in [0.5, 0.6) is 0 Å². The van der Waals surface area contributed by atoms with Gasteiger partial charge in [-0.25, -0.2) is 0 Å². The summed E-state index contributed by atoms with van der Waals surface area (Å²) < 4.78 is 1.67. The minimum atomic E-state index is -0.0248. The maximum atomic E-state index is 12.2. The van der Waals surface area contributed by atoms with Crippen LogP contribution in [0.3, 0.4) is 0 Å². The van der Waals surface area contributed by atoms with Gasteiger partial charge in [-0.1, -0.05) is 18.2 Å². The zero-order valence-corrected chi connectivity index (χ0v) is 13.0. The Morgan fingerprint density at radius 2 is 2.22 bits per heavy atom. The molecule has 118 valence electrons. The minimum absolute atomic E-state index is 0.0248. The second kappa shape index (κ2) is 5.55. The van der Waals surface area contributed by atoms with Crippen molar-refractivity contribution in [2.75, 3.05) is 18.4 Å². The lowest BCUT2D eigenvalue weighted by Gasteiger charge is -2.26. The number of rotatable bonds is 3. The van der Waals surface area contributed by atoms with Crippen molar-refractivity contribution in [3.63, 3.8) is 0 Å². The van der Waals surface area contributed by atoms with E-state index in [4.69, 9.17) is 0 Å². The summed E-state index contributed by atoms with van der Waals surface area (Å²) in [4.78, 5) is 17.8. The first-order chi connectivity index (χ1) is 11.2. The smallest absolute Gasteiger partial charge is 0.239 e. The van der Waals surface area contributed by atoms with Crippen molar-refractivity contribution in [2.45, 2.75) is 13.0 Å². The first-order valence-corrected chi connectivity index (χ1v) is 7.79. The molecule has 2 aromatic heterocycles. The van der Waals surface area contributed by atoms with E-state index < -0.39 is 0 Å². The summed E-state index contributed by atoms with van der Waals surface area (Å²) >= 11 is 0. The van der Waals surface area contributed by atoms with Crippen LogP contribution >= 0.6 is 0 Å². The average molecular weight is 309 g/mol. The van der Waals surface area contributed by atoms with Crippen molar-refractivity contribution in [1.82, 2.24) is 19.7 Å². The van der Waals surface area contributed by atoms with Crippen molar-refractivity contribution < 1.29 is 4.79 Å². The van der Waals surface area contributed by atoms with Crippen LogP contribution in [0.1, 0.15) is 11.3 Å². The molecule has 6 heteroatoms. The van der Waals surface area contributed by atoms with E-state index in [1.165, 1.54) is 22.2 Å². The highest BCUT2D eigenvalue weighted by molar-refractivity contribution is 5.91. The maximum absolute atomic E-state index is 12.2. The summed E-state index contributed by atoms with van der Waals surface area (Å²) in [5.41, 5.74) is 3.79. The molecule has 4 rings (SSSR count). The third-order valence-electron chi connectivity index (χ3n) is 4.31. The van der Waals surface area contributed by atoms with E-state index in [0.717, 1.165) is 19.5 Å². The van der Waals surface area contributed by atoms with Crippen molar-refractivity contribution in [3.05, 3.63) is 47.8 Å². The molecule has 0 saturated carbocycles. The van der Waals surface area contributed by atoms with Gasteiger partial charge in [-0.05, 0) is 18.1 Å². The lowest BCUT2D eigenvalue weighted by molar-refractivity contribution is -0.117. The van der Waals surface area contributed by atoms with E-state index >= 15 is 0 Å². The van der Waals surface area contributed by atoms with Crippen LogP contribution in [0.15, 0.2) is 36.5 Å². The molecular formula is C17H19N5O. The average Bonchev–Trinajstić information content (AvgIpc) is 3.09. The van der Waals surface area contributed by atoms with E-state index in [0.29, 0.717) is 12.4 Å². The van der Waals surface area contributed by atoms with Gasteiger partial charge in [-0.3, -0.25) is 14.4 Å². The summed E-state index contributed by atoms with van der Waals surface area (Å²) in [7, 11) is 1.83. The van der Waals surface area contributed by atoms with Gasteiger partial charge < -0.3 is 10.3 Å². The quantitative estimate of drug-likeness (QED) is 0.776. The minimum Gasteiger partial charge on any atom is -0.357 e. The molecule has 0 atom stereocenters. The molecule has 1 aliphatic heterocycles. The number of para-hydroxylation sites is 1. The van der Waals surface area contributed by atoms with Gasteiger partial charge >= 0.3 is 0 Å². The predicted molar refractivity (Wildman–Crippen MR) is 89.1 cm³/mol. The van der Waals surface area contributed by atoms with Crippen LogP contribution < -0.4 is 5.32 Å². The zero-order chi connectivity index (χ0) is 15.8. The second-order valence-electron chi connectivity index (χ2n) is 6.01. The number of fused-ring (bicyclic) bond motifs is 3. The molecule has 0 bridgehead atoms. The van der Waals surface area contributed by atoms with Crippen molar-refractivity contribution in [1.29, 1.82) is 0 Å². The fraction of sp³-hybridized carbons (Fsp3) is 0.294. The number of nitrogens with zero attached hydrogens (tertiary/aromatic N) is 3. The number of amides is 1. The summed E-state index contributed by atoms with van der Waals surface area (Å²) in [6, 6.07) is 10.2. The normalized spacial score (nSPS) is 14.8. The molecule has 0 spiro atoms. The number of carbonyl (C=O) groups excluding carboxylic acids is 1. The van der Waals surface area contributed by atoms with Gasteiger partial charge in [0, 0.05) is 49.0 Å². The SMILES string of the molecule is Cn1ccc(NC(=O)CN2CCc3c([nH]c4ccccc34)C2)n1. The Balaban J connectivity index is 1.44. The highest BCUT2D eigenvalue weighted by Gasteiger charge is 2.22. The summed E-state index contributed by atoms with van der Waals surface area (Å²) in [5, 5.41) is 8.31. The van der Waals surface area contributed by atoms with Gasteiger partial charge in [0.05, 0.1) is 6.54 Å². The number of aromatic nitrogens is 3. The number of H-pyrrole nitrogens is 1. The van der Waals surface area contributed by atoms with Crippen molar-refractivity contribution >= 4 is 22.6 Å². The third-order valence-corrected chi connectivity index (χ3v) is 4.31. The Kier molecular flexibility index (Phi) is 3.38. The van der Waals surface area contributed by atoms with Gasteiger partial charge in [0.25, 0.3) is 0 Å². The molecular weight excluding hydrogens is 290 g/mol. The van der Waals surface area contributed by atoms with Crippen LogP contribution in [-0.2, 0) is 24.8 Å². The first-order valence-electron chi connectivity index (χ1n) is 7.79. The first kappa shape index (κ1) is 14.0. The van der Waals surface area contributed by atoms with Gasteiger partial charge in [0.15, 0.2) is 5.82 Å². The number of hydrogen-bond donors (Lipinski definition) is 2. The third kappa shape index (κ3) is 2.73. The van der Waals surface area contributed by atoms with Gasteiger partial charge in [0.1, 0.15) is 0 Å². The summed E-state index contributed by atoms with van der Waals surface area (Å²) in [6.07, 6.45) is 2.78. The molecule has 3 heterocycles. The highest BCUT2D eigenvalue weighted by atomic mass is 16.2. The topological polar surface area (TPSA) is 66.0 Å². The van der Waals surface area contributed by atoms with E-state index in [-0.39, 0.29) is 5.91 Å². The summed E-state index contributed by atoms with van der Waals surface area (Å²) in [5.74, 6) is 0.573. The number of aromatic amines is 1.